The molecule has 0 spiro atoms. The van der Waals surface area contributed by atoms with Gasteiger partial charge in [0.2, 0.25) is 5.91 Å². The number of nitrogens with one attached hydrogen (secondary N) is 1. The van der Waals surface area contributed by atoms with Crippen LogP contribution in [0.3, 0.4) is 0 Å². The van der Waals surface area contributed by atoms with Gasteiger partial charge in [-0.05, 0) is 18.2 Å². The summed E-state index contributed by atoms with van der Waals surface area (Å²) < 4.78 is 10.5. The number of hydrogen-bond donors (Lipinski definition) is 1. The first-order chi connectivity index (χ1) is 13.5. The second-order valence-corrected chi connectivity index (χ2v) is 7.18. The van der Waals surface area contributed by atoms with Crippen molar-refractivity contribution in [1.29, 1.82) is 0 Å². The van der Waals surface area contributed by atoms with E-state index in [0.29, 0.717) is 33.8 Å². The second kappa shape index (κ2) is 9.32. The molecule has 3 rings (SSSR count). The van der Waals surface area contributed by atoms with E-state index in [-0.39, 0.29) is 5.91 Å². The summed E-state index contributed by atoms with van der Waals surface area (Å²) in [5, 5.41) is 3.94. The van der Waals surface area contributed by atoms with E-state index in [4.69, 9.17) is 32.7 Å². The molecule has 1 N–H and O–H groups in total. The fourth-order valence-electron chi connectivity index (χ4n) is 3.08. The monoisotopic (exact) mass is 424 g/mol. The number of hydrogen-bond acceptors (Lipinski definition) is 6. The number of aromatic nitrogens is 1. The van der Waals surface area contributed by atoms with Crippen molar-refractivity contribution in [2.24, 2.45) is 0 Å². The molecular weight excluding hydrogens is 403 g/mol. The number of rotatable bonds is 6. The lowest BCUT2D eigenvalue weighted by Gasteiger charge is -2.35. The molecular formula is C19H22Cl2N4O3. The summed E-state index contributed by atoms with van der Waals surface area (Å²) in [5.41, 5.74) is 0.665. The van der Waals surface area contributed by atoms with Gasteiger partial charge in [-0.25, -0.2) is 4.98 Å². The van der Waals surface area contributed by atoms with E-state index in [1.165, 1.54) is 0 Å². The number of methoxy groups -OCH3 is 2. The highest BCUT2D eigenvalue weighted by Gasteiger charge is 2.21. The minimum Gasteiger partial charge on any atom is -0.493 e. The van der Waals surface area contributed by atoms with E-state index in [9.17, 15) is 4.79 Å². The van der Waals surface area contributed by atoms with Crippen LogP contribution < -0.4 is 19.7 Å². The van der Waals surface area contributed by atoms with Gasteiger partial charge in [0.25, 0.3) is 0 Å². The Morgan fingerprint density at radius 3 is 2.46 bits per heavy atom. The summed E-state index contributed by atoms with van der Waals surface area (Å²) in [4.78, 5) is 20.9. The highest BCUT2D eigenvalue weighted by molar-refractivity contribution is 6.36. The maximum Gasteiger partial charge on any atom is 0.238 e. The molecule has 150 valence electrons. The molecule has 1 fully saturated rings. The Morgan fingerprint density at radius 1 is 1.11 bits per heavy atom. The number of pyridine rings is 1. The quantitative estimate of drug-likeness (QED) is 0.767. The molecule has 7 nitrogen and oxygen atoms in total. The van der Waals surface area contributed by atoms with E-state index in [2.05, 4.69) is 20.1 Å². The highest BCUT2D eigenvalue weighted by atomic mass is 35.5. The SMILES string of the molecule is COc1ccc(NC(=O)CN2CCN(c3ncc(Cl)cc3Cl)CC2)cc1OC. The molecule has 0 saturated carbocycles. The third-order valence-electron chi connectivity index (χ3n) is 4.49. The number of nitrogens with zero attached hydrogens (tertiary/aromatic N) is 3. The largest absolute Gasteiger partial charge is 0.493 e. The van der Waals surface area contributed by atoms with Gasteiger partial charge in [0.1, 0.15) is 5.82 Å². The van der Waals surface area contributed by atoms with Gasteiger partial charge >= 0.3 is 0 Å². The molecule has 0 atom stereocenters. The van der Waals surface area contributed by atoms with Crippen LogP contribution in [-0.2, 0) is 4.79 Å². The van der Waals surface area contributed by atoms with E-state index in [1.807, 2.05) is 0 Å². The van der Waals surface area contributed by atoms with Crippen LogP contribution in [0.15, 0.2) is 30.5 Å². The number of anilines is 2. The summed E-state index contributed by atoms with van der Waals surface area (Å²) in [7, 11) is 3.13. The molecule has 0 aliphatic carbocycles. The summed E-state index contributed by atoms with van der Waals surface area (Å²) in [6.45, 7) is 3.25. The molecule has 1 amide bonds. The smallest absolute Gasteiger partial charge is 0.238 e. The van der Waals surface area contributed by atoms with Gasteiger partial charge in [0, 0.05) is 44.1 Å². The first-order valence-electron chi connectivity index (χ1n) is 8.80. The fraction of sp³-hybridized carbons (Fsp3) is 0.368. The number of ether oxygens (including phenoxy) is 2. The number of halogens is 2. The van der Waals surface area contributed by atoms with E-state index in [1.54, 1.807) is 44.7 Å². The van der Waals surface area contributed by atoms with Crippen molar-refractivity contribution < 1.29 is 14.3 Å². The van der Waals surface area contributed by atoms with Crippen LogP contribution in [0.2, 0.25) is 10.0 Å². The summed E-state index contributed by atoms with van der Waals surface area (Å²) in [6, 6.07) is 6.97. The third kappa shape index (κ3) is 4.98. The number of piperazine rings is 1. The van der Waals surface area contributed by atoms with E-state index in [0.717, 1.165) is 32.0 Å². The topological polar surface area (TPSA) is 66.9 Å². The van der Waals surface area contributed by atoms with Gasteiger partial charge in [-0.1, -0.05) is 23.2 Å². The van der Waals surface area contributed by atoms with E-state index >= 15 is 0 Å². The molecule has 0 bridgehead atoms. The van der Waals surface area contributed by atoms with Crippen LogP contribution in [0.25, 0.3) is 0 Å². The molecule has 1 aromatic heterocycles. The highest BCUT2D eigenvalue weighted by Crippen LogP contribution is 2.30. The van der Waals surface area contributed by atoms with Crippen molar-refractivity contribution in [2.45, 2.75) is 0 Å². The Balaban J connectivity index is 1.52. The van der Waals surface area contributed by atoms with Gasteiger partial charge < -0.3 is 19.7 Å². The molecule has 28 heavy (non-hydrogen) atoms. The average Bonchev–Trinajstić information content (AvgIpc) is 2.68. The zero-order valence-corrected chi connectivity index (χ0v) is 17.3. The van der Waals surface area contributed by atoms with Crippen molar-refractivity contribution in [3.8, 4) is 11.5 Å². The molecule has 1 saturated heterocycles. The maximum atomic E-state index is 12.4. The molecule has 2 aromatic rings. The lowest BCUT2D eigenvalue weighted by atomic mass is 10.2. The Hall–Kier alpha value is -2.22. The first-order valence-corrected chi connectivity index (χ1v) is 9.56. The van der Waals surface area contributed by atoms with Crippen LogP contribution in [0, 0.1) is 0 Å². The Bertz CT molecular complexity index is 842. The number of carbonyl (C=O) groups excluding carboxylic acids is 1. The molecule has 1 aromatic carbocycles. The number of benzene rings is 1. The number of carbonyl (C=O) groups is 1. The molecule has 9 heteroatoms. The lowest BCUT2D eigenvalue weighted by molar-refractivity contribution is -0.117. The zero-order valence-electron chi connectivity index (χ0n) is 15.7. The summed E-state index contributed by atoms with van der Waals surface area (Å²) >= 11 is 12.1. The van der Waals surface area contributed by atoms with Gasteiger partial charge in [0.15, 0.2) is 11.5 Å². The zero-order chi connectivity index (χ0) is 20.1. The van der Waals surface area contributed by atoms with E-state index < -0.39 is 0 Å². The van der Waals surface area contributed by atoms with Crippen LogP contribution in [0.4, 0.5) is 11.5 Å². The van der Waals surface area contributed by atoms with Crippen LogP contribution in [0.1, 0.15) is 0 Å². The van der Waals surface area contributed by atoms with Crippen molar-refractivity contribution in [3.63, 3.8) is 0 Å². The van der Waals surface area contributed by atoms with Crippen LogP contribution in [-0.4, -0.2) is 62.7 Å². The molecule has 1 aliphatic rings. The lowest BCUT2D eigenvalue weighted by Crippen LogP contribution is -2.49. The summed E-state index contributed by atoms with van der Waals surface area (Å²) in [5.74, 6) is 1.83. The third-order valence-corrected chi connectivity index (χ3v) is 4.98. The Morgan fingerprint density at radius 2 is 1.82 bits per heavy atom. The Labute approximate surface area is 174 Å². The number of amides is 1. The summed E-state index contributed by atoms with van der Waals surface area (Å²) in [6.07, 6.45) is 1.59. The predicted molar refractivity (Wildman–Crippen MR) is 111 cm³/mol. The van der Waals surface area contributed by atoms with Crippen LogP contribution in [0.5, 0.6) is 11.5 Å². The van der Waals surface area contributed by atoms with Gasteiger partial charge in [0.05, 0.1) is 30.8 Å². The molecule has 1 aliphatic heterocycles. The minimum atomic E-state index is -0.0803. The Kier molecular flexibility index (Phi) is 6.83. The van der Waals surface area contributed by atoms with Gasteiger partial charge in [-0.2, -0.15) is 0 Å². The van der Waals surface area contributed by atoms with Crippen molar-refractivity contribution in [2.75, 3.05) is 57.2 Å². The minimum absolute atomic E-state index is 0.0803. The fourth-order valence-corrected chi connectivity index (χ4v) is 3.58. The molecule has 0 radical (unpaired) electrons. The first kappa shape index (κ1) is 20.5. The van der Waals surface area contributed by atoms with Crippen molar-refractivity contribution in [3.05, 3.63) is 40.5 Å². The standard InChI is InChI=1S/C19H22Cl2N4O3/c1-27-16-4-3-14(10-17(16)28-2)23-18(26)12-24-5-7-25(8-6-24)19-15(21)9-13(20)11-22-19/h3-4,9-11H,5-8,12H2,1-2H3,(H,23,26). The van der Waals surface area contributed by atoms with Crippen LogP contribution >= 0.6 is 23.2 Å². The van der Waals surface area contributed by atoms with Crippen molar-refractivity contribution >= 4 is 40.6 Å². The van der Waals surface area contributed by atoms with Gasteiger partial charge in [-0.3, -0.25) is 9.69 Å². The second-order valence-electron chi connectivity index (χ2n) is 6.34. The maximum absolute atomic E-state index is 12.4. The average molecular weight is 425 g/mol. The molecule has 2 heterocycles. The predicted octanol–water partition coefficient (Wildman–Crippen LogP) is 3.17. The normalized spacial score (nSPS) is 14.6. The van der Waals surface area contributed by atoms with Crippen molar-refractivity contribution in [1.82, 2.24) is 9.88 Å². The molecule has 0 unspecified atom stereocenters. The van der Waals surface area contributed by atoms with Gasteiger partial charge in [-0.15, -0.1) is 0 Å².